The molecule has 3 rings (SSSR count). The molecule has 0 bridgehead atoms. The Hall–Kier alpha value is -3.00. The van der Waals surface area contributed by atoms with Crippen LogP contribution in [0.3, 0.4) is 0 Å². The molecule has 0 atom stereocenters. The van der Waals surface area contributed by atoms with Crippen LogP contribution < -0.4 is 10.7 Å². The number of para-hydroxylation sites is 1. The zero-order valence-corrected chi connectivity index (χ0v) is 16.9. The molecule has 0 saturated carbocycles. The summed E-state index contributed by atoms with van der Waals surface area (Å²) in [7, 11) is 0. The highest BCUT2D eigenvalue weighted by Gasteiger charge is 2.26. The number of rotatable bonds is 6. The normalized spacial score (nSPS) is 14.6. The summed E-state index contributed by atoms with van der Waals surface area (Å²) in [6.07, 6.45) is 0.901. The Morgan fingerprint density at radius 3 is 2.45 bits per heavy atom. The lowest BCUT2D eigenvalue weighted by Gasteiger charge is -2.34. The highest BCUT2D eigenvalue weighted by atomic mass is 16.2. The van der Waals surface area contributed by atoms with Crippen LogP contribution in [0.1, 0.15) is 29.5 Å². The van der Waals surface area contributed by atoms with Gasteiger partial charge in [-0.1, -0.05) is 25.1 Å². The third-order valence-corrected chi connectivity index (χ3v) is 4.91. The van der Waals surface area contributed by atoms with Crippen molar-refractivity contribution < 1.29 is 9.59 Å². The Bertz CT molecular complexity index is 918. The number of hydrogen-bond acceptors (Lipinski definition) is 5. The van der Waals surface area contributed by atoms with Gasteiger partial charge in [-0.05, 0) is 25.5 Å². The lowest BCUT2D eigenvalue weighted by molar-refractivity contribution is -0.122. The number of piperazine rings is 1. The molecule has 1 aromatic carbocycles. The minimum absolute atomic E-state index is 0.00225. The van der Waals surface area contributed by atoms with Crippen molar-refractivity contribution in [3.05, 3.63) is 58.0 Å². The molecule has 1 aliphatic heterocycles. The SMILES string of the molecule is CCCNC(=O)CN1CCN(C(=O)c2nn(-c3ccccc3)c(C)cc2=O)CC1. The summed E-state index contributed by atoms with van der Waals surface area (Å²) in [4.78, 5) is 40.9. The number of hydrogen-bond donors (Lipinski definition) is 1. The van der Waals surface area contributed by atoms with E-state index in [2.05, 4.69) is 10.4 Å². The van der Waals surface area contributed by atoms with Gasteiger partial charge in [0.15, 0.2) is 5.69 Å². The van der Waals surface area contributed by atoms with Gasteiger partial charge < -0.3 is 10.2 Å². The van der Waals surface area contributed by atoms with Gasteiger partial charge in [0, 0.05) is 44.5 Å². The van der Waals surface area contributed by atoms with E-state index in [1.807, 2.05) is 42.2 Å². The third kappa shape index (κ3) is 5.08. The second kappa shape index (κ2) is 9.47. The Morgan fingerprint density at radius 2 is 1.79 bits per heavy atom. The van der Waals surface area contributed by atoms with Crippen molar-refractivity contribution in [1.29, 1.82) is 0 Å². The molecule has 0 aliphatic carbocycles. The van der Waals surface area contributed by atoms with Crippen molar-refractivity contribution in [1.82, 2.24) is 24.9 Å². The van der Waals surface area contributed by atoms with Gasteiger partial charge in [0.25, 0.3) is 5.91 Å². The van der Waals surface area contributed by atoms with Crippen LogP contribution in [-0.4, -0.2) is 70.7 Å². The average Bonchev–Trinajstić information content (AvgIpc) is 2.73. The number of nitrogens with zero attached hydrogens (tertiary/aromatic N) is 4. The number of benzene rings is 1. The maximum Gasteiger partial charge on any atom is 0.278 e. The van der Waals surface area contributed by atoms with E-state index in [1.54, 1.807) is 16.5 Å². The van der Waals surface area contributed by atoms with E-state index in [4.69, 9.17) is 0 Å². The Morgan fingerprint density at radius 1 is 1.10 bits per heavy atom. The van der Waals surface area contributed by atoms with Gasteiger partial charge in [-0.25, -0.2) is 4.68 Å². The van der Waals surface area contributed by atoms with Crippen LogP contribution in [0.2, 0.25) is 0 Å². The Kier molecular flexibility index (Phi) is 6.77. The van der Waals surface area contributed by atoms with Crippen LogP contribution in [0.25, 0.3) is 5.69 Å². The second-order valence-electron chi connectivity index (χ2n) is 7.16. The number of aromatic nitrogens is 2. The first-order valence-corrected chi connectivity index (χ1v) is 9.94. The van der Waals surface area contributed by atoms with Gasteiger partial charge in [0.1, 0.15) is 0 Å². The summed E-state index contributed by atoms with van der Waals surface area (Å²) in [5, 5.41) is 7.21. The fourth-order valence-electron chi connectivity index (χ4n) is 3.31. The van der Waals surface area contributed by atoms with Gasteiger partial charge in [-0.2, -0.15) is 5.10 Å². The van der Waals surface area contributed by atoms with E-state index in [-0.39, 0.29) is 22.9 Å². The van der Waals surface area contributed by atoms with Gasteiger partial charge in [-0.15, -0.1) is 0 Å². The first-order valence-electron chi connectivity index (χ1n) is 9.94. The first kappa shape index (κ1) is 20.7. The maximum atomic E-state index is 12.9. The van der Waals surface area contributed by atoms with Crippen molar-refractivity contribution in [3.8, 4) is 5.69 Å². The van der Waals surface area contributed by atoms with E-state index in [0.29, 0.717) is 45.0 Å². The predicted molar refractivity (Wildman–Crippen MR) is 110 cm³/mol. The van der Waals surface area contributed by atoms with Crippen molar-refractivity contribution in [2.75, 3.05) is 39.3 Å². The summed E-state index contributed by atoms with van der Waals surface area (Å²) in [6.45, 7) is 6.89. The summed E-state index contributed by atoms with van der Waals surface area (Å²) < 4.78 is 1.61. The van der Waals surface area contributed by atoms with Crippen LogP contribution in [0.4, 0.5) is 0 Å². The van der Waals surface area contributed by atoms with E-state index >= 15 is 0 Å². The highest BCUT2D eigenvalue weighted by molar-refractivity contribution is 5.92. The van der Waals surface area contributed by atoms with Crippen molar-refractivity contribution in [2.45, 2.75) is 20.3 Å². The number of carbonyl (C=O) groups excluding carboxylic acids is 2. The molecule has 2 aromatic rings. The van der Waals surface area contributed by atoms with Crippen molar-refractivity contribution >= 4 is 11.8 Å². The molecule has 8 heteroatoms. The highest BCUT2D eigenvalue weighted by Crippen LogP contribution is 2.10. The molecule has 2 amide bonds. The molecule has 0 spiro atoms. The third-order valence-electron chi connectivity index (χ3n) is 4.91. The monoisotopic (exact) mass is 397 g/mol. The molecule has 0 radical (unpaired) electrons. The van der Waals surface area contributed by atoms with E-state index in [1.165, 1.54) is 6.07 Å². The van der Waals surface area contributed by atoms with Crippen LogP contribution in [0.15, 0.2) is 41.2 Å². The molecular weight excluding hydrogens is 370 g/mol. The van der Waals surface area contributed by atoms with E-state index < -0.39 is 0 Å². The lowest BCUT2D eigenvalue weighted by Crippen LogP contribution is -2.52. The van der Waals surface area contributed by atoms with Crippen molar-refractivity contribution in [2.24, 2.45) is 0 Å². The zero-order chi connectivity index (χ0) is 20.8. The number of aryl methyl sites for hydroxylation is 1. The summed E-state index contributed by atoms with van der Waals surface area (Å²) in [5.41, 5.74) is 1.01. The van der Waals surface area contributed by atoms with E-state index in [9.17, 15) is 14.4 Å². The molecular formula is C21H27N5O3. The molecule has 1 aromatic heterocycles. The fourth-order valence-corrected chi connectivity index (χ4v) is 3.31. The summed E-state index contributed by atoms with van der Waals surface area (Å²) >= 11 is 0. The fraction of sp³-hybridized carbons (Fsp3) is 0.429. The number of amides is 2. The zero-order valence-electron chi connectivity index (χ0n) is 16.9. The van der Waals surface area contributed by atoms with Crippen LogP contribution in [0, 0.1) is 6.92 Å². The Balaban J connectivity index is 1.69. The average molecular weight is 397 g/mol. The molecule has 1 fully saturated rings. The van der Waals surface area contributed by atoms with Gasteiger partial charge in [0.05, 0.1) is 12.2 Å². The summed E-state index contributed by atoms with van der Waals surface area (Å²) in [5.74, 6) is -0.368. The summed E-state index contributed by atoms with van der Waals surface area (Å²) in [6, 6.07) is 10.9. The molecule has 2 heterocycles. The van der Waals surface area contributed by atoms with Gasteiger partial charge >= 0.3 is 0 Å². The standard InChI is InChI=1S/C21H27N5O3/c1-3-9-22-19(28)15-24-10-12-25(13-11-24)21(29)20-18(27)14-16(2)26(23-20)17-7-5-4-6-8-17/h4-8,14H,3,9-13,15H2,1-2H3,(H,22,28). The van der Waals surface area contributed by atoms with Crippen molar-refractivity contribution in [3.63, 3.8) is 0 Å². The quantitative estimate of drug-likeness (QED) is 0.780. The number of carbonyl (C=O) groups is 2. The molecule has 0 unspecified atom stereocenters. The lowest BCUT2D eigenvalue weighted by atomic mass is 10.2. The maximum absolute atomic E-state index is 12.9. The molecule has 8 nitrogen and oxygen atoms in total. The molecule has 1 saturated heterocycles. The topological polar surface area (TPSA) is 87.5 Å². The smallest absolute Gasteiger partial charge is 0.278 e. The van der Waals surface area contributed by atoms with Gasteiger partial charge in [-0.3, -0.25) is 19.3 Å². The predicted octanol–water partition coefficient (Wildman–Crippen LogP) is 0.825. The second-order valence-corrected chi connectivity index (χ2v) is 7.16. The Labute approximate surface area is 170 Å². The minimum atomic E-state index is -0.374. The molecule has 29 heavy (non-hydrogen) atoms. The minimum Gasteiger partial charge on any atom is -0.355 e. The molecule has 1 N–H and O–H groups in total. The first-order chi connectivity index (χ1) is 14.0. The largest absolute Gasteiger partial charge is 0.355 e. The number of nitrogens with one attached hydrogen (secondary N) is 1. The molecule has 1 aliphatic rings. The van der Waals surface area contributed by atoms with Gasteiger partial charge in [0.2, 0.25) is 11.3 Å². The van der Waals surface area contributed by atoms with Crippen LogP contribution >= 0.6 is 0 Å². The van der Waals surface area contributed by atoms with Crippen LogP contribution in [0.5, 0.6) is 0 Å². The molecule has 154 valence electrons. The van der Waals surface area contributed by atoms with Crippen LogP contribution in [-0.2, 0) is 4.79 Å². The van der Waals surface area contributed by atoms with E-state index in [0.717, 1.165) is 12.1 Å².